The molecule has 3 aliphatic rings. The van der Waals surface area contributed by atoms with Gasteiger partial charge in [0.1, 0.15) is 5.41 Å². The van der Waals surface area contributed by atoms with Crippen LogP contribution in [0.3, 0.4) is 0 Å². The third-order valence-corrected chi connectivity index (χ3v) is 6.74. The number of Topliss-reactive ketones (excluding diaryl/α,β-unsaturated/α-hetero) is 1. The fraction of sp³-hybridized carbons (Fsp3) is 0.526. The molecule has 1 N–H and O–H groups in total. The monoisotopic (exact) mass is 390 g/mol. The van der Waals surface area contributed by atoms with Gasteiger partial charge >= 0.3 is 0 Å². The van der Waals surface area contributed by atoms with Gasteiger partial charge in [-0.2, -0.15) is 0 Å². The van der Waals surface area contributed by atoms with Gasteiger partial charge < -0.3 is 9.64 Å². The third kappa shape index (κ3) is 2.65. The molecule has 1 spiro atoms. The summed E-state index contributed by atoms with van der Waals surface area (Å²) in [6.07, 6.45) is 1.04. The fourth-order valence-electron chi connectivity index (χ4n) is 4.80. The zero-order valence-electron chi connectivity index (χ0n) is 15.5. The quantitative estimate of drug-likeness (QED) is 0.557. The van der Waals surface area contributed by atoms with E-state index in [4.69, 9.17) is 4.74 Å². The highest BCUT2D eigenvalue weighted by Gasteiger charge is 2.62. The van der Waals surface area contributed by atoms with E-state index >= 15 is 0 Å². The molecule has 3 heterocycles. The fourth-order valence-corrected chi connectivity index (χ4v) is 5.37. The zero-order valence-corrected chi connectivity index (χ0v) is 16.3. The maximum atomic E-state index is 13.1. The van der Waals surface area contributed by atoms with Gasteiger partial charge in [0.25, 0.3) is 0 Å². The Morgan fingerprint density at radius 1 is 1.26 bits per heavy atom. The third-order valence-electron chi connectivity index (χ3n) is 5.82. The largest absolute Gasteiger partial charge is 0.372 e. The van der Waals surface area contributed by atoms with E-state index in [0.29, 0.717) is 11.4 Å². The molecule has 2 saturated heterocycles. The van der Waals surface area contributed by atoms with E-state index in [9.17, 15) is 18.6 Å². The first-order valence-electron chi connectivity index (χ1n) is 9.00. The van der Waals surface area contributed by atoms with E-state index in [2.05, 4.69) is 10.2 Å². The minimum atomic E-state index is -1.38. The highest BCUT2D eigenvalue weighted by atomic mass is 32.2. The van der Waals surface area contributed by atoms with Crippen LogP contribution in [0.5, 0.6) is 0 Å². The van der Waals surface area contributed by atoms with E-state index in [0.717, 1.165) is 11.3 Å². The molecule has 5 atom stereocenters. The van der Waals surface area contributed by atoms with Gasteiger partial charge in [-0.15, -0.1) is 0 Å². The summed E-state index contributed by atoms with van der Waals surface area (Å²) in [5.41, 5.74) is 0.353. The van der Waals surface area contributed by atoms with Gasteiger partial charge in [-0.25, -0.2) is 0 Å². The van der Waals surface area contributed by atoms with Crippen molar-refractivity contribution in [2.24, 2.45) is 5.41 Å². The number of nitrogens with zero attached hydrogens (tertiary/aromatic N) is 1. The summed E-state index contributed by atoms with van der Waals surface area (Å²) in [7, 11) is -1.17. The van der Waals surface area contributed by atoms with Gasteiger partial charge in [-0.05, 0) is 44.0 Å². The molecular weight excluding hydrogens is 368 g/mol. The molecule has 0 saturated carbocycles. The summed E-state index contributed by atoms with van der Waals surface area (Å²) in [4.78, 5) is 40.6. The summed E-state index contributed by atoms with van der Waals surface area (Å²) in [5, 5.41) is 2.36. The second kappa shape index (κ2) is 6.24. The molecule has 1 aromatic rings. The molecule has 0 aromatic heterocycles. The molecule has 144 valence electrons. The van der Waals surface area contributed by atoms with Crippen molar-refractivity contribution >= 4 is 34.1 Å². The number of hydrogen-bond acceptors (Lipinski definition) is 6. The number of fused-ring (bicyclic) bond motifs is 4. The van der Waals surface area contributed by atoms with Crippen LogP contribution in [0.15, 0.2) is 23.1 Å². The number of carbonyl (C=O) groups is 3. The first-order chi connectivity index (χ1) is 12.7. The van der Waals surface area contributed by atoms with Crippen LogP contribution in [0.25, 0.3) is 0 Å². The molecule has 2 fully saturated rings. The topological polar surface area (TPSA) is 92.8 Å². The number of carbonyl (C=O) groups excluding carboxylic acids is 3. The molecular formula is C19H22N2O5S. The molecule has 7 nitrogen and oxygen atoms in total. The van der Waals surface area contributed by atoms with Crippen LogP contribution < -0.4 is 10.2 Å². The summed E-state index contributed by atoms with van der Waals surface area (Å²) in [6, 6.07) is 5.05. The molecule has 2 amide bonds. The number of ketones is 1. The lowest BCUT2D eigenvalue weighted by Gasteiger charge is -2.55. The van der Waals surface area contributed by atoms with Gasteiger partial charge in [0.15, 0.2) is 5.78 Å². The Hall–Kier alpha value is -2.06. The molecule has 1 aromatic carbocycles. The van der Waals surface area contributed by atoms with Gasteiger partial charge in [-0.3, -0.25) is 23.9 Å². The van der Waals surface area contributed by atoms with Gasteiger partial charge in [0, 0.05) is 34.2 Å². The van der Waals surface area contributed by atoms with Gasteiger partial charge in [0.2, 0.25) is 11.8 Å². The molecule has 1 unspecified atom stereocenters. The Labute approximate surface area is 159 Å². The number of ether oxygens (including phenoxy) is 1. The molecule has 0 radical (unpaired) electrons. The number of nitrogens with one attached hydrogen (secondary N) is 1. The van der Waals surface area contributed by atoms with Crippen molar-refractivity contribution in [1.82, 2.24) is 5.32 Å². The summed E-state index contributed by atoms with van der Waals surface area (Å²) in [5.74, 6) is -1.49. The van der Waals surface area contributed by atoms with E-state index in [1.165, 1.54) is 0 Å². The summed E-state index contributed by atoms with van der Waals surface area (Å²) >= 11 is 0. The van der Waals surface area contributed by atoms with Crippen LogP contribution in [0.1, 0.15) is 25.8 Å². The van der Waals surface area contributed by atoms with E-state index in [-0.39, 0.29) is 30.8 Å². The molecule has 8 heteroatoms. The predicted octanol–water partition coefficient (Wildman–Crippen LogP) is 0.564. The van der Waals surface area contributed by atoms with E-state index in [1.54, 1.807) is 6.26 Å². The SMILES string of the molecule is C[C@@H]1CN2c3ccc(S(C)=O)cc3C[C@@]3(C(=O)CC(=O)NC3=O)[C@H]2[C@H](C)O1. The van der Waals surface area contributed by atoms with E-state index < -0.39 is 34.1 Å². The average molecular weight is 390 g/mol. The highest BCUT2D eigenvalue weighted by molar-refractivity contribution is 7.84. The lowest BCUT2D eigenvalue weighted by atomic mass is 9.63. The Balaban J connectivity index is 1.92. The van der Waals surface area contributed by atoms with Crippen molar-refractivity contribution in [3.8, 4) is 0 Å². The van der Waals surface area contributed by atoms with Gasteiger partial charge in [0.05, 0.1) is 24.7 Å². The second-order valence-electron chi connectivity index (χ2n) is 7.62. The van der Waals surface area contributed by atoms with Crippen LogP contribution in [-0.2, 0) is 36.3 Å². The van der Waals surface area contributed by atoms with Crippen molar-refractivity contribution in [2.75, 3.05) is 17.7 Å². The molecule has 3 aliphatic heterocycles. The molecule has 0 bridgehead atoms. The van der Waals surface area contributed by atoms with E-state index in [1.807, 2.05) is 32.0 Å². The maximum absolute atomic E-state index is 13.1. The number of anilines is 1. The van der Waals surface area contributed by atoms with Crippen LogP contribution in [0.2, 0.25) is 0 Å². The van der Waals surface area contributed by atoms with Gasteiger partial charge in [-0.1, -0.05) is 0 Å². The number of rotatable bonds is 1. The molecule has 4 rings (SSSR count). The minimum Gasteiger partial charge on any atom is -0.372 e. The number of hydrogen-bond donors (Lipinski definition) is 1. The Kier molecular flexibility index (Phi) is 4.23. The van der Waals surface area contributed by atoms with Crippen molar-refractivity contribution in [3.05, 3.63) is 23.8 Å². The van der Waals surface area contributed by atoms with Crippen LogP contribution in [0, 0.1) is 5.41 Å². The van der Waals surface area contributed by atoms with Crippen molar-refractivity contribution in [3.63, 3.8) is 0 Å². The summed E-state index contributed by atoms with van der Waals surface area (Å²) in [6.45, 7) is 4.36. The lowest BCUT2D eigenvalue weighted by molar-refractivity contribution is -0.158. The highest BCUT2D eigenvalue weighted by Crippen LogP contribution is 2.47. The average Bonchev–Trinajstić information content (AvgIpc) is 2.58. The first-order valence-corrected chi connectivity index (χ1v) is 10.6. The van der Waals surface area contributed by atoms with Crippen LogP contribution in [0.4, 0.5) is 5.69 Å². The standard InChI is InChI=1S/C19H22N2O5S/c1-10-9-21-14-5-4-13(27(3)25)6-12(14)8-19(17(21)11(2)26-10)15(22)7-16(23)20-18(19)24/h4-6,10-11,17H,7-9H2,1-3H3,(H,20,23,24)/t10-,11+,17-,19-,27?/m1/s1. The van der Waals surface area contributed by atoms with Crippen molar-refractivity contribution in [2.45, 2.75) is 49.8 Å². The number of amides is 2. The lowest BCUT2D eigenvalue weighted by Crippen LogP contribution is -2.72. The minimum absolute atomic E-state index is 0.0670. The second-order valence-corrected chi connectivity index (χ2v) is 9.00. The van der Waals surface area contributed by atoms with Crippen molar-refractivity contribution < 1.29 is 23.3 Å². The Bertz CT molecular complexity index is 863. The van der Waals surface area contributed by atoms with Crippen LogP contribution >= 0.6 is 0 Å². The first kappa shape index (κ1) is 18.3. The number of imide groups is 1. The number of benzene rings is 1. The summed E-state index contributed by atoms with van der Waals surface area (Å²) < 4.78 is 17.9. The smallest absolute Gasteiger partial charge is 0.242 e. The maximum Gasteiger partial charge on any atom is 0.242 e. The normalized spacial score (nSPS) is 34.1. The van der Waals surface area contributed by atoms with Crippen molar-refractivity contribution in [1.29, 1.82) is 0 Å². The number of piperidine rings is 1. The Morgan fingerprint density at radius 3 is 2.67 bits per heavy atom. The molecule has 0 aliphatic carbocycles. The number of morpholine rings is 1. The Morgan fingerprint density at radius 2 is 2.00 bits per heavy atom. The predicted molar refractivity (Wildman–Crippen MR) is 98.8 cm³/mol. The van der Waals surface area contributed by atoms with Crippen LogP contribution in [-0.4, -0.2) is 52.9 Å². The zero-order chi connectivity index (χ0) is 19.5. The molecule has 27 heavy (non-hydrogen) atoms.